The quantitative estimate of drug-likeness (QED) is 0.808. The number of piperazine rings is 1. The third-order valence-electron chi connectivity index (χ3n) is 3.73. The Morgan fingerprint density at radius 3 is 2.42 bits per heavy atom. The predicted molar refractivity (Wildman–Crippen MR) is 64.7 cm³/mol. The average molecular weight is 279 g/mol. The fourth-order valence-corrected chi connectivity index (χ4v) is 2.70. The van der Waals surface area contributed by atoms with Crippen LogP contribution in [-0.4, -0.2) is 67.7 Å². The Hall–Kier alpha value is -0.820. The van der Waals surface area contributed by atoms with Crippen LogP contribution in [0.15, 0.2) is 0 Å². The van der Waals surface area contributed by atoms with Crippen LogP contribution in [0.3, 0.4) is 0 Å². The second kappa shape index (κ2) is 6.09. The minimum atomic E-state index is -4.15. The van der Waals surface area contributed by atoms with Crippen LogP contribution in [0.1, 0.15) is 12.8 Å². The van der Waals surface area contributed by atoms with E-state index < -0.39 is 12.7 Å². The number of amides is 1. The molecule has 0 aromatic carbocycles. The van der Waals surface area contributed by atoms with Gasteiger partial charge in [-0.2, -0.15) is 13.2 Å². The molecule has 0 aromatic heterocycles. The summed E-state index contributed by atoms with van der Waals surface area (Å²) in [5.74, 6) is 0.0989. The molecule has 0 saturated carbocycles. The van der Waals surface area contributed by atoms with Gasteiger partial charge in [0.05, 0.1) is 12.5 Å². The number of nitrogens with zero attached hydrogens (tertiary/aromatic N) is 2. The molecule has 2 saturated heterocycles. The lowest BCUT2D eigenvalue weighted by Crippen LogP contribution is -2.53. The van der Waals surface area contributed by atoms with Crippen molar-refractivity contribution in [2.24, 2.45) is 5.92 Å². The average Bonchev–Trinajstić information content (AvgIpc) is 2.38. The summed E-state index contributed by atoms with van der Waals surface area (Å²) in [4.78, 5) is 15.3. The van der Waals surface area contributed by atoms with Crippen molar-refractivity contribution in [2.45, 2.75) is 19.0 Å². The first-order valence-corrected chi connectivity index (χ1v) is 6.74. The number of carbonyl (C=O) groups excluding carboxylic acids is 1. The van der Waals surface area contributed by atoms with Crippen LogP contribution < -0.4 is 5.32 Å². The van der Waals surface area contributed by atoms with Gasteiger partial charge in [-0.05, 0) is 19.4 Å². The highest BCUT2D eigenvalue weighted by Crippen LogP contribution is 2.19. The summed E-state index contributed by atoms with van der Waals surface area (Å²) in [6.45, 7) is 2.21. The van der Waals surface area contributed by atoms with Crippen molar-refractivity contribution >= 4 is 5.91 Å². The molecule has 19 heavy (non-hydrogen) atoms. The normalized spacial score (nSPS) is 26.5. The SMILES string of the molecule is O=C([C@@H]1CCCNC1)N1CCN(CC(F)(F)F)CC1. The van der Waals surface area contributed by atoms with Crippen LogP contribution in [-0.2, 0) is 4.79 Å². The highest BCUT2D eigenvalue weighted by atomic mass is 19.4. The highest BCUT2D eigenvalue weighted by Gasteiger charge is 2.34. The number of piperidine rings is 1. The zero-order valence-electron chi connectivity index (χ0n) is 10.9. The smallest absolute Gasteiger partial charge is 0.340 e. The molecule has 2 heterocycles. The maximum Gasteiger partial charge on any atom is 0.401 e. The summed E-state index contributed by atoms with van der Waals surface area (Å²) < 4.78 is 36.8. The first kappa shape index (κ1) is 14.6. The molecule has 0 unspecified atom stereocenters. The van der Waals surface area contributed by atoms with E-state index >= 15 is 0 Å². The Morgan fingerprint density at radius 1 is 1.21 bits per heavy atom. The molecule has 2 aliphatic heterocycles. The summed E-state index contributed by atoms with van der Waals surface area (Å²) in [5.41, 5.74) is 0. The van der Waals surface area contributed by atoms with Crippen molar-refractivity contribution < 1.29 is 18.0 Å². The van der Waals surface area contributed by atoms with Gasteiger partial charge < -0.3 is 10.2 Å². The first-order chi connectivity index (χ1) is 8.96. The van der Waals surface area contributed by atoms with Crippen LogP contribution in [0.2, 0.25) is 0 Å². The Morgan fingerprint density at radius 2 is 1.89 bits per heavy atom. The molecule has 1 atom stereocenters. The van der Waals surface area contributed by atoms with Gasteiger partial charge in [0.25, 0.3) is 0 Å². The molecule has 7 heteroatoms. The number of rotatable bonds is 2. The highest BCUT2D eigenvalue weighted by molar-refractivity contribution is 5.79. The van der Waals surface area contributed by atoms with Gasteiger partial charge in [-0.3, -0.25) is 9.69 Å². The minimum Gasteiger partial charge on any atom is -0.340 e. The van der Waals surface area contributed by atoms with Crippen molar-refractivity contribution in [3.63, 3.8) is 0 Å². The number of halogens is 3. The predicted octanol–water partition coefficient (Wildman–Crippen LogP) is 0.692. The van der Waals surface area contributed by atoms with Crippen molar-refractivity contribution in [3.05, 3.63) is 0 Å². The molecular weight excluding hydrogens is 259 g/mol. The molecule has 0 aromatic rings. The molecule has 110 valence electrons. The van der Waals surface area contributed by atoms with Crippen molar-refractivity contribution in [1.82, 2.24) is 15.1 Å². The van der Waals surface area contributed by atoms with E-state index in [1.54, 1.807) is 4.90 Å². The van der Waals surface area contributed by atoms with Gasteiger partial charge in [-0.25, -0.2) is 0 Å². The Kier molecular flexibility index (Phi) is 4.67. The van der Waals surface area contributed by atoms with E-state index in [0.717, 1.165) is 19.4 Å². The van der Waals surface area contributed by atoms with Gasteiger partial charge in [0.2, 0.25) is 5.91 Å². The fraction of sp³-hybridized carbons (Fsp3) is 0.917. The monoisotopic (exact) mass is 279 g/mol. The van der Waals surface area contributed by atoms with Crippen molar-refractivity contribution in [3.8, 4) is 0 Å². The van der Waals surface area contributed by atoms with Gasteiger partial charge in [0.15, 0.2) is 0 Å². The molecule has 4 nitrogen and oxygen atoms in total. The van der Waals surface area contributed by atoms with Gasteiger partial charge in [-0.1, -0.05) is 0 Å². The third kappa shape index (κ3) is 4.35. The lowest BCUT2D eigenvalue weighted by atomic mass is 9.98. The molecule has 0 bridgehead atoms. The Balaban J connectivity index is 1.77. The van der Waals surface area contributed by atoms with Crippen LogP contribution >= 0.6 is 0 Å². The number of hydrogen-bond acceptors (Lipinski definition) is 3. The summed E-state index contributed by atoms with van der Waals surface area (Å²) in [7, 11) is 0. The second-order valence-corrected chi connectivity index (χ2v) is 5.26. The molecule has 1 N–H and O–H groups in total. The lowest BCUT2D eigenvalue weighted by molar-refractivity contribution is -0.152. The number of hydrogen-bond donors (Lipinski definition) is 1. The standard InChI is InChI=1S/C12H20F3N3O/c13-12(14,15)9-17-4-6-18(7-5-17)11(19)10-2-1-3-16-8-10/h10,16H,1-9H2/t10-/m1/s1. The Labute approximate surface area is 110 Å². The topological polar surface area (TPSA) is 35.6 Å². The maximum absolute atomic E-state index is 12.3. The van der Waals surface area contributed by atoms with E-state index in [4.69, 9.17) is 0 Å². The summed E-state index contributed by atoms with van der Waals surface area (Å²) in [5, 5.41) is 3.19. The van der Waals surface area contributed by atoms with Crippen molar-refractivity contribution in [1.29, 1.82) is 0 Å². The molecule has 0 radical (unpaired) electrons. The van der Waals surface area contributed by atoms with Gasteiger partial charge in [0, 0.05) is 32.7 Å². The van der Waals surface area contributed by atoms with Crippen LogP contribution in [0.5, 0.6) is 0 Å². The van der Waals surface area contributed by atoms with E-state index in [-0.39, 0.29) is 11.8 Å². The van der Waals surface area contributed by atoms with E-state index in [9.17, 15) is 18.0 Å². The third-order valence-corrected chi connectivity index (χ3v) is 3.73. The van der Waals surface area contributed by atoms with E-state index in [2.05, 4.69) is 5.32 Å². The molecule has 0 aliphatic carbocycles. The molecule has 1 amide bonds. The Bertz CT molecular complexity index is 308. The summed E-state index contributed by atoms with van der Waals surface area (Å²) in [6, 6.07) is 0. The van der Waals surface area contributed by atoms with Crippen LogP contribution in [0, 0.1) is 5.92 Å². The van der Waals surface area contributed by atoms with Crippen LogP contribution in [0.25, 0.3) is 0 Å². The van der Waals surface area contributed by atoms with Gasteiger partial charge >= 0.3 is 6.18 Å². The number of carbonyl (C=O) groups is 1. The zero-order valence-corrected chi connectivity index (χ0v) is 10.9. The largest absolute Gasteiger partial charge is 0.401 e. The van der Waals surface area contributed by atoms with Crippen molar-refractivity contribution in [2.75, 3.05) is 45.8 Å². The van der Waals surface area contributed by atoms with E-state index in [1.165, 1.54) is 4.90 Å². The van der Waals surface area contributed by atoms with E-state index in [0.29, 0.717) is 32.7 Å². The van der Waals surface area contributed by atoms with Crippen LogP contribution in [0.4, 0.5) is 13.2 Å². The minimum absolute atomic E-state index is 0.00270. The fourth-order valence-electron chi connectivity index (χ4n) is 2.70. The maximum atomic E-state index is 12.3. The first-order valence-electron chi connectivity index (χ1n) is 6.74. The molecule has 2 rings (SSSR count). The second-order valence-electron chi connectivity index (χ2n) is 5.26. The lowest BCUT2D eigenvalue weighted by Gasteiger charge is -2.37. The van der Waals surface area contributed by atoms with Gasteiger partial charge in [0.1, 0.15) is 0 Å². The molecule has 2 aliphatic rings. The van der Waals surface area contributed by atoms with Gasteiger partial charge in [-0.15, -0.1) is 0 Å². The number of nitrogens with one attached hydrogen (secondary N) is 1. The number of alkyl halides is 3. The zero-order chi connectivity index (χ0) is 13.9. The molecular formula is C12H20F3N3O. The van der Waals surface area contributed by atoms with E-state index in [1.807, 2.05) is 0 Å². The summed E-state index contributed by atoms with van der Waals surface area (Å²) >= 11 is 0. The molecule has 0 spiro atoms. The molecule has 2 fully saturated rings. The summed E-state index contributed by atoms with van der Waals surface area (Å²) in [6.07, 6.45) is -2.28.